The van der Waals surface area contributed by atoms with Crippen molar-refractivity contribution in [3.8, 4) is 5.75 Å². The lowest BCUT2D eigenvalue weighted by atomic mass is 10.0. The lowest BCUT2D eigenvalue weighted by Gasteiger charge is -2.36. The maximum absolute atomic E-state index is 13.1. The number of ether oxygens (including phenoxy) is 2. The minimum atomic E-state index is -0.222. The predicted octanol–water partition coefficient (Wildman–Crippen LogP) is 2.78. The number of nitrogens with zero attached hydrogens (tertiary/aromatic N) is 2. The van der Waals surface area contributed by atoms with Gasteiger partial charge >= 0.3 is 0 Å². The molecule has 1 aromatic rings. The average molecular weight is 434 g/mol. The molecule has 0 spiro atoms. The molecule has 0 radical (unpaired) electrons. The fourth-order valence-corrected chi connectivity index (χ4v) is 3.65. The first-order valence-corrected chi connectivity index (χ1v) is 10.9. The summed E-state index contributed by atoms with van der Waals surface area (Å²) in [6, 6.07) is 4.83. The highest BCUT2D eigenvalue weighted by Gasteiger charge is 2.29. The monoisotopic (exact) mass is 433 g/mol. The molecule has 1 heterocycles. The van der Waals surface area contributed by atoms with Crippen molar-refractivity contribution >= 4 is 23.4 Å². The molecule has 1 aliphatic rings. The Balaban J connectivity index is 2.45. The number of amides is 3. The standard InChI is InChI=1S/C23H35N3O5/c1-7-21(27)24-17-9-10-18-19(11-17)31-14-16(4)26(22(28)8-2)12-15(3)20(30-6)13-25(5)23(18)29/h9-11,15-16,20H,7-8,12-14H2,1-6H3,(H,24,27)/t15-,16-,20+/m1/s1. The number of methoxy groups -OCH3 is 1. The second-order valence-corrected chi connectivity index (χ2v) is 8.11. The van der Waals surface area contributed by atoms with E-state index in [1.807, 2.05) is 25.7 Å². The SMILES string of the molecule is CCC(=O)Nc1ccc2c(c1)OC[C@@H](C)N(C(=O)CC)C[C@@H](C)[C@@H](OC)CN(C)C2=O. The molecule has 8 nitrogen and oxygen atoms in total. The first-order valence-electron chi connectivity index (χ1n) is 10.9. The molecule has 0 bridgehead atoms. The molecular formula is C23H35N3O5. The Morgan fingerprint density at radius 3 is 2.52 bits per heavy atom. The van der Waals surface area contributed by atoms with Crippen LogP contribution in [0.4, 0.5) is 5.69 Å². The molecule has 3 atom stereocenters. The highest BCUT2D eigenvalue weighted by molar-refractivity contribution is 5.98. The molecule has 1 N–H and O–H groups in total. The van der Waals surface area contributed by atoms with Crippen LogP contribution in [0.25, 0.3) is 0 Å². The molecule has 0 aliphatic carbocycles. The lowest BCUT2D eigenvalue weighted by Crippen LogP contribution is -2.48. The van der Waals surface area contributed by atoms with E-state index in [2.05, 4.69) is 5.32 Å². The third kappa shape index (κ3) is 6.19. The van der Waals surface area contributed by atoms with E-state index in [4.69, 9.17) is 9.47 Å². The molecule has 3 amide bonds. The zero-order valence-electron chi connectivity index (χ0n) is 19.4. The molecule has 2 rings (SSSR count). The average Bonchev–Trinajstić information content (AvgIpc) is 2.77. The number of benzene rings is 1. The summed E-state index contributed by atoms with van der Waals surface area (Å²) in [5, 5.41) is 2.80. The molecule has 0 unspecified atom stereocenters. The summed E-state index contributed by atoms with van der Waals surface area (Å²) in [6.07, 6.45) is 0.526. The zero-order chi connectivity index (χ0) is 23.1. The van der Waals surface area contributed by atoms with Crippen LogP contribution in [0.2, 0.25) is 0 Å². The van der Waals surface area contributed by atoms with Crippen LogP contribution in [0, 0.1) is 5.92 Å². The van der Waals surface area contributed by atoms with Crippen LogP contribution in [0.5, 0.6) is 5.75 Å². The topological polar surface area (TPSA) is 88.2 Å². The Bertz CT molecular complexity index is 797. The summed E-state index contributed by atoms with van der Waals surface area (Å²) in [6.45, 7) is 8.69. The van der Waals surface area contributed by atoms with Gasteiger partial charge in [0.2, 0.25) is 11.8 Å². The van der Waals surface area contributed by atoms with E-state index in [0.717, 1.165) is 0 Å². The Morgan fingerprint density at radius 2 is 1.90 bits per heavy atom. The summed E-state index contributed by atoms with van der Waals surface area (Å²) in [5.41, 5.74) is 0.964. The number of likely N-dealkylation sites (N-methyl/N-ethyl adjacent to an activating group) is 1. The van der Waals surface area contributed by atoms with Crippen LogP contribution in [0.1, 0.15) is 50.9 Å². The van der Waals surface area contributed by atoms with Gasteiger partial charge in [-0.15, -0.1) is 0 Å². The molecule has 0 saturated carbocycles. The Kier molecular flexibility index (Phi) is 8.86. The van der Waals surface area contributed by atoms with E-state index in [1.54, 1.807) is 44.2 Å². The summed E-state index contributed by atoms with van der Waals surface area (Å²) in [5.74, 6) is 0.144. The minimum Gasteiger partial charge on any atom is -0.491 e. The highest BCUT2D eigenvalue weighted by Crippen LogP contribution is 2.27. The van der Waals surface area contributed by atoms with E-state index in [1.165, 1.54) is 0 Å². The second-order valence-electron chi connectivity index (χ2n) is 8.11. The van der Waals surface area contributed by atoms with Crippen LogP contribution in [-0.2, 0) is 14.3 Å². The van der Waals surface area contributed by atoms with Crippen molar-refractivity contribution in [3.63, 3.8) is 0 Å². The van der Waals surface area contributed by atoms with Crippen molar-refractivity contribution in [2.75, 3.05) is 39.2 Å². The summed E-state index contributed by atoms with van der Waals surface area (Å²) in [7, 11) is 3.35. The van der Waals surface area contributed by atoms with Gasteiger partial charge in [-0.3, -0.25) is 14.4 Å². The van der Waals surface area contributed by atoms with Gasteiger partial charge in [0.25, 0.3) is 5.91 Å². The highest BCUT2D eigenvalue weighted by atomic mass is 16.5. The van der Waals surface area contributed by atoms with Crippen LogP contribution in [0.15, 0.2) is 18.2 Å². The first-order chi connectivity index (χ1) is 14.7. The third-order valence-electron chi connectivity index (χ3n) is 5.67. The quantitative estimate of drug-likeness (QED) is 0.789. The fraction of sp³-hybridized carbons (Fsp3) is 0.609. The number of carbonyl (C=O) groups is 3. The van der Waals surface area contributed by atoms with Crippen LogP contribution >= 0.6 is 0 Å². The molecule has 31 heavy (non-hydrogen) atoms. The first kappa shape index (κ1) is 24.7. The number of fused-ring (bicyclic) bond motifs is 1. The van der Waals surface area contributed by atoms with Gasteiger partial charge in [0.1, 0.15) is 12.4 Å². The number of hydrogen-bond donors (Lipinski definition) is 1. The number of anilines is 1. The summed E-state index contributed by atoms with van der Waals surface area (Å²) in [4.78, 5) is 41.0. The van der Waals surface area contributed by atoms with E-state index in [-0.39, 0.29) is 42.4 Å². The predicted molar refractivity (Wildman–Crippen MR) is 119 cm³/mol. The van der Waals surface area contributed by atoms with Gasteiger partial charge in [-0.25, -0.2) is 0 Å². The molecule has 172 valence electrons. The van der Waals surface area contributed by atoms with E-state index >= 15 is 0 Å². The number of hydrogen-bond acceptors (Lipinski definition) is 5. The van der Waals surface area contributed by atoms with Crippen LogP contribution < -0.4 is 10.1 Å². The van der Waals surface area contributed by atoms with Gasteiger partial charge in [-0.2, -0.15) is 0 Å². The Morgan fingerprint density at radius 1 is 1.19 bits per heavy atom. The summed E-state index contributed by atoms with van der Waals surface area (Å²) >= 11 is 0. The van der Waals surface area contributed by atoms with Crippen molar-refractivity contribution in [2.45, 2.75) is 52.7 Å². The van der Waals surface area contributed by atoms with Gasteiger partial charge in [0, 0.05) is 57.8 Å². The minimum absolute atomic E-state index is 0.0312. The van der Waals surface area contributed by atoms with Gasteiger partial charge in [0.15, 0.2) is 0 Å². The molecule has 1 aliphatic heterocycles. The van der Waals surface area contributed by atoms with Crippen molar-refractivity contribution in [2.24, 2.45) is 5.92 Å². The molecule has 1 aromatic carbocycles. The van der Waals surface area contributed by atoms with E-state index in [9.17, 15) is 14.4 Å². The molecule has 0 fully saturated rings. The fourth-order valence-electron chi connectivity index (χ4n) is 3.65. The number of carbonyl (C=O) groups excluding carboxylic acids is 3. The Hall–Kier alpha value is -2.61. The maximum atomic E-state index is 13.1. The number of rotatable bonds is 4. The zero-order valence-corrected chi connectivity index (χ0v) is 19.4. The second kappa shape index (κ2) is 11.1. The maximum Gasteiger partial charge on any atom is 0.257 e. The van der Waals surface area contributed by atoms with Gasteiger partial charge < -0.3 is 24.6 Å². The third-order valence-corrected chi connectivity index (χ3v) is 5.67. The van der Waals surface area contributed by atoms with E-state index in [0.29, 0.717) is 42.9 Å². The largest absolute Gasteiger partial charge is 0.491 e. The van der Waals surface area contributed by atoms with E-state index < -0.39 is 0 Å². The van der Waals surface area contributed by atoms with Gasteiger partial charge in [-0.05, 0) is 19.1 Å². The Labute approximate surface area is 184 Å². The number of nitrogens with one attached hydrogen (secondary N) is 1. The molecule has 0 aromatic heterocycles. The summed E-state index contributed by atoms with van der Waals surface area (Å²) < 4.78 is 11.7. The van der Waals surface area contributed by atoms with Gasteiger partial charge in [-0.1, -0.05) is 20.8 Å². The molecular weight excluding hydrogens is 398 g/mol. The lowest BCUT2D eigenvalue weighted by molar-refractivity contribution is -0.135. The normalized spacial score (nSPS) is 22.6. The van der Waals surface area contributed by atoms with Crippen LogP contribution in [0.3, 0.4) is 0 Å². The van der Waals surface area contributed by atoms with Crippen molar-refractivity contribution in [3.05, 3.63) is 23.8 Å². The van der Waals surface area contributed by atoms with Crippen molar-refractivity contribution in [1.29, 1.82) is 0 Å². The van der Waals surface area contributed by atoms with Gasteiger partial charge in [0.05, 0.1) is 17.7 Å². The smallest absolute Gasteiger partial charge is 0.257 e. The van der Waals surface area contributed by atoms with Crippen LogP contribution in [-0.4, -0.2) is 73.5 Å². The van der Waals surface area contributed by atoms with Crippen molar-refractivity contribution < 1.29 is 23.9 Å². The molecule has 8 heteroatoms. The molecule has 0 saturated heterocycles. The van der Waals surface area contributed by atoms with Crippen molar-refractivity contribution in [1.82, 2.24) is 9.80 Å².